The molecule has 0 radical (unpaired) electrons. The van der Waals surface area contributed by atoms with Crippen molar-refractivity contribution in [1.82, 2.24) is 10.2 Å². The van der Waals surface area contributed by atoms with Crippen LogP contribution in [0.1, 0.15) is 42.1 Å². The standard InChI is InChI=1S/C12H18N2O3S.C3H4N2/c1-2-3-4-6-9-7-5-8-10(12(13)15)11(9)18(14,16)17;1-2-4-5-3-1/h5,7-8H,2-4,6H2,1H3,(H2,13,15)(H2,14,16,17);1-3H,(H,4,5). The number of nitrogens with one attached hydrogen (secondary N) is 1. The van der Waals surface area contributed by atoms with Crippen molar-refractivity contribution in [3.63, 3.8) is 0 Å². The first-order valence-electron chi connectivity index (χ1n) is 7.26. The summed E-state index contributed by atoms with van der Waals surface area (Å²) in [7, 11) is -3.95. The van der Waals surface area contributed by atoms with Crippen LogP contribution in [-0.2, 0) is 16.4 Å². The largest absolute Gasteiger partial charge is 0.366 e. The van der Waals surface area contributed by atoms with E-state index >= 15 is 0 Å². The molecule has 0 bridgehead atoms. The number of nitrogens with two attached hydrogens (primary N) is 2. The summed E-state index contributed by atoms with van der Waals surface area (Å²) in [4.78, 5) is 11.1. The quantitative estimate of drug-likeness (QED) is 0.690. The molecule has 1 aromatic heterocycles. The Morgan fingerprint density at radius 2 is 2.00 bits per heavy atom. The molecule has 5 N–H and O–H groups in total. The highest BCUT2D eigenvalue weighted by atomic mass is 32.2. The first kappa shape index (κ1) is 18.9. The summed E-state index contributed by atoms with van der Waals surface area (Å²) in [6, 6.07) is 6.50. The zero-order valence-corrected chi connectivity index (χ0v) is 13.8. The summed E-state index contributed by atoms with van der Waals surface area (Å²) in [5.74, 6) is -0.781. The Kier molecular flexibility index (Phi) is 7.43. The fourth-order valence-corrected chi connectivity index (χ4v) is 3.10. The van der Waals surface area contributed by atoms with Crippen LogP contribution in [0.5, 0.6) is 0 Å². The molecule has 2 aromatic rings. The first-order valence-corrected chi connectivity index (χ1v) is 8.80. The van der Waals surface area contributed by atoms with Crippen LogP contribution < -0.4 is 10.9 Å². The fraction of sp³-hybridized carbons (Fsp3) is 0.333. The van der Waals surface area contributed by atoms with Crippen molar-refractivity contribution in [3.8, 4) is 0 Å². The van der Waals surface area contributed by atoms with Crippen LogP contribution in [0.25, 0.3) is 0 Å². The van der Waals surface area contributed by atoms with E-state index in [2.05, 4.69) is 17.1 Å². The Bertz CT molecular complexity index is 695. The Balaban J connectivity index is 0.000000446. The van der Waals surface area contributed by atoms with Crippen molar-refractivity contribution in [2.24, 2.45) is 10.9 Å². The van der Waals surface area contributed by atoms with Gasteiger partial charge in [0, 0.05) is 12.4 Å². The number of primary sulfonamides is 1. The SMILES string of the molecule is CCCCCc1cccc(C(N)=O)c1S(N)(=O)=O.c1cn[nH]c1. The number of sulfonamides is 1. The summed E-state index contributed by atoms with van der Waals surface area (Å²) < 4.78 is 23.2. The number of benzene rings is 1. The second-order valence-electron chi connectivity index (χ2n) is 4.93. The number of aryl methyl sites for hydroxylation is 1. The van der Waals surface area contributed by atoms with Crippen LogP contribution in [0.15, 0.2) is 41.6 Å². The van der Waals surface area contributed by atoms with Gasteiger partial charge in [-0.15, -0.1) is 0 Å². The third-order valence-electron chi connectivity index (χ3n) is 3.10. The Morgan fingerprint density at radius 1 is 1.26 bits per heavy atom. The third kappa shape index (κ3) is 6.21. The van der Waals surface area contributed by atoms with Gasteiger partial charge in [-0.05, 0) is 30.5 Å². The first-order chi connectivity index (χ1) is 10.9. The van der Waals surface area contributed by atoms with Gasteiger partial charge in [0.15, 0.2) is 0 Å². The molecular formula is C15H22N4O3S. The lowest BCUT2D eigenvalue weighted by Crippen LogP contribution is -2.22. The van der Waals surface area contributed by atoms with Gasteiger partial charge in [0.1, 0.15) is 0 Å². The molecule has 1 amide bonds. The number of aromatic nitrogens is 2. The van der Waals surface area contributed by atoms with E-state index in [4.69, 9.17) is 10.9 Å². The minimum atomic E-state index is -3.95. The number of primary amides is 1. The summed E-state index contributed by atoms with van der Waals surface area (Å²) >= 11 is 0. The lowest BCUT2D eigenvalue weighted by molar-refractivity contribution is 0.0997. The van der Waals surface area contributed by atoms with Crippen molar-refractivity contribution in [2.75, 3.05) is 0 Å². The molecule has 0 spiro atoms. The number of nitrogens with zero attached hydrogens (tertiary/aromatic N) is 1. The number of hydrogen-bond acceptors (Lipinski definition) is 4. The van der Waals surface area contributed by atoms with Gasteiger partial charge >= 0.3 is 0 Å². The van der Waals surface area contributed by atoms with Crippen molar-refractivity contribution >= 4 is 15.9 Å². The molecule has 0 unspecified atom stereocenters. The van der Waals surface area contributed by atoms with Gasteiger partial charge in [-0.25, -0.2) is 13.6 Å². The highest BCUT2D eigenvalue weighted by Crippen LogP contribution is 2.21. The van der Waals surface area contributed by atoms with Gasteiger partial charge in [0.25, 0.3) is 0 Å². The van der Waals surface area contributed by atoms with E-state index < -0.39 is 15.9 Å². The second kappa shape index (κ2) is 9.06. The summed E-state index contributed by atoms with van der Waals surface area (Å²) in [5, 5.41) is 11.4. The average molecular weight is 338 g/mol. The van der Waals surface area contributed by atoms with Gasteiger partial charge in [0.2, 0.25) is 15.9 Å². The molecule has 0 atom stereocenters. The van der Waals surface area contributed by atoms with Gasteiger partial charge in [-0.2, -0.15) is 5.10 Å². The fourth-order valence-electron chi connectivity index (χ4n) is 2.09. The van der Waals surface area contributed by atoms with Gasteiger partial charge in [-0.3, -0.25) is 9.89 Å². The molecular weight excluding hydrogens is 316 g/mol. The monoisotopic (exact) mass is 338 g/mol. The molecule has 1 aromatic carbocycles. The highest BCUT2D eigenvalue weighted by Gasteiger charge is 2.21. The van der Waals surface area contributed by atoms with E-state index in [9.17, 15) is 13.2 Å². The van der Waals surface area contributed by atoms with Crippen LogP contribution in [0, 0.1) is 0 Å². The van der Waals surface area contributed by atoms with Crippen molar-refractivity contribution < 1.29 is 13.2 Å². The summed E-state index contributed by atoms with van der Waals surface area (Å²) in [6.07, 6.45) is 6.90. The number of amides is 1. The lowest BCUT2D eigenvalue weighted by Gasteiger charge is -2.10. The summed E-state index contributed by atoms with van der Waals surface area (Å²) in [6.45, 7) is 2.06. The highest BCUT2D eigenvalue weighted by molar-refractivity contribution is 7.89. The molecule has 0 aliphatic carbocycles. The average Bonchev–Trinajstić information content (AvgIpc) is 3.05. The second-order valence-corrected chi connectivity index (χ2v) is 6.42. The number of rotatable bonds is 6. The topological polar surface area (TPSA) is 132 Å². The predicted octanol–water partition coefficient (Wildman–Crippen LogP) is 1.58. The Hall–Kier alpha value is -2.19. The Labute approximate surface area is 136 Å². The van der Waals surface area contributed by atoms with E-state index in [-0.39, 0.29) is 10.5 Å². The van der Waals surface area contributed by atoms with Crippen molar-refractivity contribution in [1.29, 1.82) is 0 Å². The maximum absolute atomic E-state index is 11.6. The number of hydrogen-bond donors (Lipinski definition) is 3. The predicted molar refractivity (Wildman–Crippen MR) is 88.1 cm³/mol. The van der Waals surface area contributed by atoms with Crippen LogP contribution in [0.4, 0.5) is 0 Å². The number of carbonyl (C=O) groups is 1. The van der Waals surface area contributed by atoms with E-state index in [0.29, 0.717) is 12.0 Å². The maximum Gasteiger partial charge on any atom is 0.250 e. The number of unbranched alkanes of at least 4 members (excludes halogenated alkanes) is 2. The molecule has 0 aliphatic heterocycles. The van der Waals surface area contributed by atoms with Gasteiger partial charge < -0.3 is 5.73 Å². The molecule has 1 heterocycles. The number of H-pyrrole nitrogens is 1. The molecule has 2 rings (SSSR count). The summed E-state index contributed by atoms with van der Waals surface area (Å²) in [5.41, 5.74) is 5.70. The van der Waals surface area contributed by atoms with E-state index in [1.54, 1.807) is 24.5 Å². The smallest absolute Gasteiger partial charge is 0.250 e. The van der Waals surface area contributed by atoms with E-state index in [1.807, 2.05) is 6.07 Å². The molecule has 0 aliphatic rings. The van der Waals surface area contributed by atoms with E-state index in [0.717, 1.165) is 19.3 Å². The van der Waals surface area contributed by atoms with Crippen molar-refractivity contribution in [2.45, 2.75) is 37.5 Å². The zero-order valence-electron chi connectivity index (χ0n) is 13.0. The van der Waals surface area contributed by atoms with Crippen LogP contribution in [0.2, 0.25) is 0 Å². The van der Waals surface area contributed by atoms with Crippen LogP contribution in [-0.4, -0.2) is 24.5 Å². The molecule has 0 saturated carbocycles. The minimum Gasteiger partial charge on any atom is -0.366 e. The minimum absolute atomic E-state index is 0.0356. The van der Waals surface area contributed by atoms with Crippen molar-refractivity contribution in [3.05, 3.63) is 47.8 Å². The van der Waals surface area contributed by atoms with Gasteiger partial charge in [-0.1, -0.05) is 31.9 Å². The lowest BCUT2D eigenvalue weighted by atomic mass is 10.0. The number of aromatic amines is 1. The maximum atomic E-state index is 11.6. The molecule has 23 heavy (non-hydrogen) atoms. The number of carbonyl (C=O) groups excluding carboxylic acids is 1. The molecule has 7 nitrogen and oxygen atoms in total. The molecule has 0 saturated heterocycles. The zero-order chi connectivity index (χ0) is 17.3. The molecule has 126 valence electrons. The molecule has 8 heteroatoms. The van der Waals surface area contributed by atoms with E-state index in [1.165, 1.54) is 6.07 Å². The molecule has 0 fully saturated rings. The normalized spacial score (nSPS) is 10.7. The van der Waals surface area contributed by atoms with Crippen LogP contribution in [0.3, 0.4) is 0 Å². The van der Waals surface area contributed by atoms with Crippen LogP contribution >= 0.6 is 0 Å². The Morgan fingerprint density at radius 3 is 2.43 bits per heavy atom. The van der Waals surface area contributed by atoms with Gasteiger partial charge in [0.05, 0.1) is 10.5 Å². The third-order valence-corrected chi connectivity index (χ3v) is 4.15.